The number of ether oxygens (including phenoxy) is 1. The van der Waals surface area contributed by atoms with Crippen LogP contribution in [0.15, 0.2) is 11.6 Å². The number of aliphatic hydroxyl groups is 1. The van der Waals surface area contributed by atoms with Crippen molar-refractivity contribution in [3.63, 3.8) is 0 Å². The lowest BCUT2D eigenvalue weighted by Crippen LogP contribution is -2.43. The molecule has 0 saturated carbocycles. The van der Waals surface area contributed by atoms with Crippen LogP contribution in [-0.4, -0.2) is 37.5 Å². The van der Waals surface area contributed by atoms with E-state index >= 15 is 0 Å². The quantitative estimate of drug-likeness (QED) is 0.582. The Kier molecular flexibility index (Phi) is 5.76. The second-order valence-electron chi connectivity index (χ2n) is 4.69. The van der Waals surface area contributed by atoms with Crippen LogP contribution in [0.3, 0.4) is 0 Å². The second kappa shape index (κ2) is 6.60. The summed E-state index contributed by atoms with van der Waals surface area (Å²) in [6, 6.07) is 0. The molecule has 3 nitrogen and oxygen atoms in total. The summed E-state index contributed by atoms with van der Waals surface area (Å²) in [6.45, 7) is 4.86. The molecule has 1 aliphatic carbocycles. The van der Waals surface area contributed by atoms with E-state index in [0.717, 1.165) is 19.1 Å². The second-order valence-corrected chi connectivity index (χ2v) is 4.69. The molecule has 2 rings (SSSR count). The van der Waals surface area contributed by atoms with E-state index in [0.29, 0.717) is 18.6 Å². The fourth-order valence-electron chi connectivity index (χ4n) is 2.63. The minimum absolute atomic E-state index is 0. The van der Waals surface area contributed by atoms with Crippen molar-refractivity contribution in [3.8, 4) is 0 Å². The molecule has 2 N–H and O–H groups in total. The van der Waals surface area contributed by atoms with Gasteiger partial charge in [0.2, 0.25) is 0 Å². The van der Waals surface area contributed by atoms with E-state index < -0.39 is 0 Å². The Morgan fingerprint density at radius 2 is 2.38 bits per heavy atom. The van der Waals surface area contributed by atoms with Crippen molar-refractivity contribution in [1.82, 2.24) is 5.32 Å². The zero-order chi connectivity index (χ0) is 10.7. The van der Waals surface area contributed by atoms with Gasteiger partial charge in [-0.15, -0.1) is 12.4 Å². The van der Waals surface area contributed by atoms with E-state index in [4.69, 9.17) is 9.84 Å². The van der Waals surface area contributed by atoms with Gasteiger partial charge in [0, 0.05) is 19.0 Å². The Morgan fingerprint density at radius 3 is 3.12 bits per heavy atom. The zero-order valence-electron chi connectivity index (χ0n) is 9.82. The highest BCUT2D eigenvalue weighted by atomic mass is 35.5. The average Bonchev–Trinajstić information content (AvgIpc) is 2.26. The van der Waals surface area contributed by atoms with Crippen LogP contribution in [0.5, 0.6) is 0 Å². The topological polar surface area (TPSA) is 41.5 Å². The smallest absolute Gasteiger partial charge is 0.0764 e. The van der Waals surface area contributed by atoms with Gasteiger partial charge < -0.3 is 15.2 Å². The van der Waals surface area contributed by atoms with Crippen LogP contribution in [-0.2, 0) is 4.74 Å². The van der Waals surface area contributed by atoms with Gasteiger partial charge in [-0.2, -0.15) is 0 Å². The molecule has 0 aromatic heterocycles. The summed E-state index contributed by atoms with van der Waals surface area (Å²) in [5.74, 6) is 1.34. The molecular formula is C12H22ClNO2. The molecule has 3 atom stereocenters. The van der Waals surface area contributed by atoms with Gasteiger partial charge in [-0.05, 0) is 25.7 Å². The largest absolute Gasteiger partial charge is 0.395 e. The average molecular weight is 248 g/mol. The molecule has 1 saturated heterocycles. The Balaban J connectivity index is 0.00000128. The number of allylic oxidation sites excluding steroid dienone is 1. The van der Waals surface area contributed by atoms with E-state index in [1.54, 1.807) is 0 Å². The summed E-state index contributed by atoms with van der Waals surface area (Å²) in [7, 11) is 0. The predicted octanol–water partition coefficient (Wildman–Crippen LogP) is 1.36. The summed E-state index contributed by atoms with van der Waals surface area (Å²) in [5, 5.41) is 11.9. The molecule has 2 aliphatic rings. The molecular weight excluding hydrogens is 226 g/mol. The van der Waals surface area contributed by atoms with Crippen molar-refractivity contribution < 1.29 is 9.84 Å². The van der Waals surface area contributed by atoms with Gasteiger partial charge in [-0.3, -0.25) is 0 Å². The molecule has 0 aromatic carbocycles. The minimum Gasteiger partial charge on any atom is -0.395 e. The van der Waals surface area contributed by atoms with Crippen molar-refractivity contribution in [2.24, 2.45) is 11.8 Å². The molecule has 2 bridgehead atoms. The number of hydrogen-bond donors (Lipinski definition) is 2. The Morgan fingerprint density at radius 1 is 1.56 bits per heavy atom. The first-order valence-corrected chi connectivity index (χ1v) is 5.91. The molecule has 94 valence electrons. The number of rotatable bonds is 4. The van der Waals surface area contributed by atoms with Crippen LogP contribution >= 0.6 is 12.4 Å². The van der Waals surface area contributed by atoms with Gasteiger partial charge in [0.05, 0.1) is 19.3 Å². The fraction of sp³-hybridized carbons (Fsp3) is 0.833. The van der Waals surface area contributed by atoms with Gasteiger partial charge in [0.1, 0.15) is 0 Å². The van der Waals surface area contributed by atoms with Crippen molar-refractivity contribution in [2.75, 3.05) is 26.3 Å². The molecule has 16 heavy (non-hydrogen) atoms. The zero-order valence-corrected chi connectivity index (χ0v) is 10.6. The number of hydrogen-bond acceptors (Lipinski definition) is 3. The fourth-order valence-corrected chi connectivity index (χ4v) is 2.63. The maximum absolute atomic E-state index is 8.71. The molecule has 4 heteroatoms. The highest BCUT2D eigenvalue weighted by Gasteiger charge is 2.34. The maximum atomic E-state index is 8.71. The third-order valence-electron chi connectivity index (χ3n) is 3.57. The lowest BCUT2D eigenvalue weighted by molar-refractivity contribution is -0.0477. The Labute approximate surface area is 104 Å². The summed E-state index contributed by atoms with van der Waals surface area (Å²) < 4.78 is 5.88. The highest BCUT2D eigenvalue weighted by molar-refractivity contribution is 5.85. The third kappa shape index (κ3) is 3.20. The van der Waals surface area contributed by atoms with Crippen LogP contribution in [0.4, 0.5) is 0 Å². The first-order chi connectivity index (χ1) is 7.31. The van der Waals surface area contributed by atoms with Crippen molar-refractivity contribution in [2.45, 2.75) is 25.9 Å². The van der Waals surface area contributed by atoms with E-state index in [-0.39, 0.29) is 19.0 Å². The van der Waals surface area contributed by atoms with E-state index in [9.17, 15) is 0 Å². The normalized spacial score (nSPS) is 32.9. The van der Waals surface area contributed by atoms with Gasteiger partial charge in [0.25, 0.3) is 0 Å². The van der Waals surface area contributed by atoms with Crippen LogP contribution in [0, 0.1) is 11.8 Å². The van der Waals surface area contributed by atoms with Gasteiger partial charge in [0.15, 0.2) is 0 Å². The SMILES string of the molecule is CC1=CC[C@H]2COC(CNCCO)[C@@H]1C2.Cl. The predicted molar refractivity (Wildman–Crippen MR) is 66.9 cm³/mol. The summed E-state index contributed by atoms with van der Waals surface area (Å²) in [4.78, 5) is 0. The lowest BCUT2D eigenvalue weighted by atomic mass is 9.77. The molecule has 0 spiro atoms. The van der Waals surface area contributed by atoms with Crippen molar-refractivity contribution in [3.05, 3.63) is 11.6 Å². The van der Waals surface area contributed by atoms with Gasteiger partial charge >= 0.3 is 0 Å². The Hall–Kier alpha value is -0.0900. The van der Waals surface area contributed by atoms with E-state index in [1.807, 2.05) is 0 Å². The van der Waals surface area contributed by atoms with Crippen LogP contribution < -0.4 is 5.32 Å². The van der Waals surface area contributed by atoms with Gasteiger partial charge in [-0.25, -0.2) is 0 Å². The lowest BCUT2D eigenvalue weighted by Gasteiger charge is -2.40. The number of halogens is 1. The number of fused-ring (bicyclic) bond motifs is 2. The monoisotopic (exact) mass is 247 g/mol. The summed E-state index contributed by atoms with van der Waals surface area (Å²) in [5.41, 5.74) is 1.49. The Bertz CT molecular complexity index is 245. The molecule has 0 radical (unpaired) electrons. The first-order valence-electron chi connectivity index (χ1n) is 5.91. The summed E-state index contributed by atoms with van der Waals surface area (Å²) >= 11 is 0. The minimum atomic E-state index is 0. The van der Waals surface area contributed by atoms with Crippen LogP contribution in [0.2, 0.25) is 0 Å². The number of aliphatic hydroxyl groups excluding tert-OH is 1. The summed E-state index contributed by atoms with van der Waals surface area (Å²) in [6.07, 6.45) is 5.16. The molecule has 0 amide bonds. The third-order valence-corrected chi connectivity index (χ3v) is 3.57. The molecule has 1 fully saturated rings. The van der Waals surface area contributed by atoms with Crippen LogP contribution in [0.25, 0.3) is 0 Å². The van der Waals surface area contributed by atoms with E-state index in [2.05, 4.69) is 18.3 Å². The molecule has 1 aliphatic heterocycles. The molecule has 1 unspecified atom stereocenters. The number of nitrogens with one attached hydrogen (secondary N) is 1. The van der Waals surface area contributed by atoms with Crippen LogP contribution in [0.1, 0.15) is 19.8 Å². The van der Waals surface area contributed by atoms with Gasteiger partial charge in [-0.1, -0.05) is 11.6 Å². The molecule has 0 aromatic rings. The standard InChI is InChI=1S/C12H21NO2.ClH/c1-9-2-3-10-6-11(9)12(15-8-10)7-13-4-5-14;/h2,10-14H,3-8H2,1H3;1H/t10-,11-,12?;/m1./s1. The van der Waals surface area contributed by atoms with Crippen molar-refractivity contribution >= 4 is 12.4 Å². The highest BCUT2D eigenvalue weighted by Crippen LogP contribution is 2.36. The van der Waals surface area contributed by atoms with E-state index in [1.165, 1.54) is 18.4 Å². The molecule has 1 heterocycles. The maximum Gasteiger partial charge on any atom is 0.0764 e. The first kappa shape index (κ1) is 14.0. The van der Waals surface area contributed by atoms with Crippen molar-refractivity contribution in [1.29, 1.82) is 0 Å².